The summed E-state index contributed by atoms with van der Waals surface area (Å²) >= 11 is 1.59. The molecule has 1 aliphatic heterocycles. The lowest BCUT2D eigenvalue weighted by Crippen LogP contribution is -2.32. The zero-order valence-electron chi connectivity index (χ0n) is 13.4. The lowest BCUT2D eigenvalue weighted by molar-refractivity contribution is -0.121. The number of amides is 3. The van der Waals surface area contributed by atoms with Crippen LogP contribution in [-0.4, -0.2) is 29.2 Å². The summed E-state index contributed by atoms with van der Waals surface area (Å²) in [5.41, 5.74) is 1.86. The van der Waals surface area contributed by atoms with Crippen molar-refractivity contribution in [3.8, 4) is 0 Å². The van der Waals surface area contributed by atoms with Gasteiger partial charge in [0.15, 0.2) is 0 Å². The zero-order valence-corrected chi connectivity index (χ0v) is 14.2. The SMILES string of the molecule is Cc1ccc2c(c1)C(=O)N(CCCC(=O)NCc1cccs1)C2=O. The molecule has 0 unspecified atom stereocenters. The Morgan fingerprint density at radius 2 is 1.96 bits per heavy atom. The smallest absolute Gasteiger partial charge is 0.261 e. The van der Waals surface area contributed by atoms with Crippen LogP contribution in [0.1, 0.15) is 44.0 Å². The molecule has 124 valence electrons. The van der Waals surface area contributed by atoms with E-state index >= 15 is 0 Å². The number of rotatable bonds is 6. The normalized spacial score (nSPS) is 13.3. The van der Waals surface area contributed by atoms with Gasteiger partial charge in [0, 0.05) is 17.8 Å². The van der Waals surface area contributed by atoms with Crippen molar-refractivity contribution in [1.82, 2.24) is 10.2 Å². The van der Waals surface area contributed by atoms with Gasteiger partial charge in [-0.25, -0.2) is 0 Å². The lowest BCUT2D eigenvalue weighted by Gasteiger charge is -2.13. The molecule has 0 radical (unpaired) electrons. The van der Waals surface area contributed by atoms with E-state index in [1.165, 1.54) is 4.90 Å². The van der Waals surface area contributed by atoms with Crippen LogP contribution in [0.3, 0.4) is 0 Å². The number of carbonyl (C=O) groups is 3. The molecule has 0 aliphatic carbocycles. The van der Waals surface area contributed by atoms with E-state index in [-0.39, 0.29) is 30.7 Å². The number of carbonyl (C=O) groups excluding carboxylic acids is 3. The number of benzene rings is 1. The Bertz CT molecular complexity index is 784. The van der Waals surface area contributed by atoms with Gasteiger partial charge in [-0.05, 0) is 36.9 Å². The molecule has 24 heavy (non-hydrogen) atoms. The van der Waals surface area contributed by atoms with Crippen molar-refractivity contribution < 1.29 is 14.4 Å². The molecule has 2 aromatic rings. The van der Waals surface area contributed by atoms with Gasteiger partial charge in [0.25, 0.3) is 11.8 Å². The highest BCUT2D eigenvalue weighted by Gasteiger charge is 2.34. The van der Waals surface area contributed by atoms with Gasteiger partial charge in [0.1, 0.15) is 0 Å². The average molecular weight is 342 g/mol. The summed E-state index contributed by atoms with van der Waals surface area (Å²) in [4.78, 5) is 38.8. The monoisotopic (exact) mass is 342 g/mol. The summed E-state index contributed by atoms with van der Waals surface area (Å²) in [6.07, 6.45) is 0.749. The van der Waals surface area contributed by atoms with Crippen LogP contribution < -0.4 is 5.32 Å². The lowest BCUT2D eigenvalue weighted by atomic mass is 10.1. The topological polar surface area (TPSA) is 66.5 Å². The minimum absolute atomic E-state index is 0.0733. The first kappa shape index (κ1) is 16.4. The minimum Gasteiger partial charge on any atom is -0.351 e. The standard InChI is InChI=1S/C18H18N2O3S/c1-12-6-7-14-15(10-12)18(23)20(17(14)22)8-2-5-16(21)19-11-13-4-3-9-24-13/h3-4,6-7,9-10H,2,5,8,11H2,1H3,(H,19,21). The van der Waals surface area contributed by atoms with E-state index in [9.17, 15) is 14.4 Å². The van der Waals surface area contributed by atoms with Gasteiger partial charge in [0.2, 0.25) is 5.91 Å². The highest BCUT2D eigenvalue weighted by Crippen LogP contribution is 2.24. The Kier molecular flexibility index (Phi) is 4.76. The summed E-state index contributed by atoms with van der Waals surface area (Å²) in [6.45, 7) is 2.67. The molecule has 0 saturated heterocycles. The maximum atomic E-state index is 12.3. The van der Waals surface area contributed by atoms with E-state index in [0.29, 0.717) is 24.1 Å². The molecule has 2 heterocycles. The molecular weight excluding hydrogens is 324 g/mol. The molecule has 0 fully saturated rings. The molecular formula is C18H18N2O3S. The molecule has 1 aromatic carbocycles. The molecule has 0 bridgehead atoms. The molecule has 1 N–H and O–H groups in total. The number of nitrogens with zero attached hydrogens (tertiary/aromatic N) is 1. The van der Waals surface area contributed by atoms with E-state index in [0.717, 1.165) is 10.4 Å². The van der Waals surface area contributed by atoms with Crippen LogP contribution in [0.25, 0.3) is 0 Å². The first-order chi connectivity index (χ1) is 11.6. The van der Waals surface area contributed by atoms with E-state index in [1.54, 1.807) is 23.5 Å². The molecule has 1 aliphatic rings. The van der Waals surface area contributed by atoms with Gasteiger partial charge < -0.3 is 5.32 Å². The largest absolute Gasteiger partial charge is 0.351 e. The fourth-order valence-corrected chi connectivity index (χ4v) is 3.34. The Labute approximate surface area is 144 Å². The maximum Gasteiger partial charge on any atom is 0.261 e. The average Bonchev–Trinajstić information content (AvgIpc) is 3.16. The first-order valence-electron chi connectivity index (χ1n) is 7.82. The second-order valence-electron chi connectivity index (χ2n) is 5.77. The molecule has 6 heteroatoms. The van der Waals surface area contributed by atoms with Crippen molar-refractivity contribution in [3.05, 3.63) is 57.3 Å². The third kappa shape index (κ3) is 3.38. The number of hydrogen-bond acceptors (Lipinski definition) is 4. The van der Waals surface area contributed by atoms with Crippen molar-refractivity contribution in [1.29, 1.82) is 0 Å². The number of thiophene rings is 1. The van der Waals surface area contributed by atoms with Crippen LogP contribution in [0.15, 0.2) is 35.7 Å². The second kappa shape index (κ2) is 6.97. The summed E-state index contributed by atoms with van der Waals surface area (Å²) in [6, 6.07) is 9.16. The number of nitrogens with one attached hydrogen (secondary N) is 1. The molecule has 5 nitrogen and oxygen atoms in total. The number of fused-ring (bicyclic) bond motifs is 1. The fraction of sp³-hybridized carbons (Fsp3) is 0.278. The Balaban J connectivity index is 1.50. The van der Waals surface area contributed by atoms with Crippen LogP contribution in [0.2, 0.25) is 0 Å². The Hall–Kier alpha value is -2.47. The van der Waals surface area contributed by atoms with E-state index in [1.807, 2.05) is 30.5 Å². The van der Waals surface area contributed by atoms with Crippen molar-refractivity contribution in [2.75, 3.05) is 6.54 Å². The molecule has 0 atom stereocenters. The summed E-state index contributed by atoms with van der Waals surface area (Å²) in [5.74, 6) is -0.609. The maximum absolute atomic E-state index is 12.3. The fourth-order valence-electron chi connectivity index (χ4n) is 2.69. The third-order valence-electron chi connectivity index (χ3n) is 3.95. The Morgan fingerprint density at radius 3 is 2.71 bits per heavy atom. The third-order valence-corrected chi connectivity index (χ3v) is 4.83. The highest BCUT2D eigenvalue weighted by atomic mass is 32.1. The predicted octanol–water partition coefficient (Wildman–Crippen LogP) is 2.75. The molecule has 1 aromatic heterocycles. The van der Waals surface area contributed by atoms with Crippen LogP contribution in [-0.2, 0) is 11.3 Å². The number of aryl methyl sites for hydroxylation is 1. The Morgan fingerprint density at radius 1 is 1.17 bits per heavy atom. The quantitative estimate of drug-likeness (QED) is 0.821. The van der Waals surface area contributed by atoms with E-state index in [2.05, 4.69) is 5.32 Å². The predicted molar refractivity (Wildman–Crippen MR) is 91.9 cm³/mol. The summed E-state index contributed by atoms with van der Waals surface area (Å²) in [5, 5.41) is 4.80. The highest BCUT2D eigenvalue weighted by molar-refractivity contribution is 7.09. The zero-order chi connectivity index (χ0) is 17.1. The summed E-state index contributed by atoms with van der Waals surface area (Å²) in [7, 11) is 0. The second-order valence-corrected chi connectivity index (χ2v) is 6.80. The van der Waals surface area contributed by atoms with Crippen LogP contribution in [0.4, 0.5) is 0 Å². The van der Waals surface area contributed by atoms with Crippen LogP contribution >= 0.6 is 11.3 Å². The van der Waals surface area contributed by atoms with Gasteiger partial charge in [-0.15, -0.1) is 11.3 Å². The van der Waals surface area contributed by atoms with Gasteiger partial charge in [-0.2, -0.15) is 0 Å². The van der Waals surface area contributed by atoms with Gasteiger partial charge in [-0.3, -0.25) is 19.3 Å². The van der Waals surface area contributed by atoms with E-state index in [4.69, 9.17) is 0 Å². The first-order valence-corrected chi connectivity index (χ1v) is 8.70. The number of imide groups is 1. The van der Waals surface area contributed by atoms with Crippen molar-refractivity contribution in [2.45, 2.75) is 26.3 Å². The van der Waals surface area contributed by atoms with Crippen molar-refractivity contribution in [3.63, 3.8) is 0 Å². The van der Waals surface area contributed by atoms with Gasteiger partial charge >= 0.3 is 0 Å². The van der Waals surface area contributed by atoms with Crippen LogP contribution in [0, 0.1) is 6.92 Å². The number of hydrogen-bond donors (Lipinski definition) is 1. The molecule has 0 spiro atoms. The molecule has 3 amide bonds. The van der Waals surface area contributed by atoms with Crippen LogP contribution in [0.5, 0.6) is 0 Å². The van der Waals surface area contributed by atoms with Gasteiger partial charge in [0.05, 0.1) is 17.7 Å². The minimum atomic E-state index is -0.269. The molecule has 0 saturated carbocycles. The van der Waals surface area contributed by atoms with Gasteiger partial charge in [-0.1, -0.05) is 17.7 Å². The molecule has 3 rings (SSSR count). The van der Waals surface area contributed by atoms with Crippen molar-refractivity contribution in [2.24, 2.45) is 0 Å². The van der Waals surface area contributed by atoms with Crippen molar-refractivity contribution >= 4 is 29.1 Å². The van der Waals surface area contributed by atoms with E-state index < -0.39 is 0 Å². The summed E-state index contributed by atoms with van der Waals surface area (Å²) < 4.78 is 0.